The van der Waals surface area contributed by atoms with Crippen LogP contribution in [0.2, 0.25) is 0 Å². The highest BCUT2D eigenvalue weighted by Gasteiger charge is 2.26. The summed E-state index contributed by atoms with van der Waals surface area (Å²) in [5, 5.41) is 0.646. The van der Waals surface area contributed by atoms with Gasteiger partial charge in [-0.3, -0.25) is 9.69 Å². The van der Waals surface area contributed by atoms with Gasteiger partial charge >= 0.3 is 0 Å². The number of hydrogen-bond donors (Lipinski definition) is 0. The van der Waals surface area contributed by atoms with Crippen LogP contribution in [0.5, 0.6) is 0 Å². The number of carbonyl (C=O) groups excluding carboxylic acids is 1. The van der Waals surface area contributed by atoms with Crippen LogP contribution >= 0.6 is 11.3 Å². The summed E-state index contributed by atoms with van der Waals surface area (Å²) in [5.41, 5.74) is 2.42. The molecule has 0 saturated carbocycles. The van der Waals surface area contributed by atoms with Gasteiger partial charge < -0.3 is 4.90 Å². The third-order valence-corrected chi connectivity index (χ3v) is 9.07. The molecule has 0 saturated heterocycles. The van der Waals surface area contributed by atoms with Gasteiger partial charge in [0.2, 0.25) is 10.0 Å². The molecule has 3 aromatic rings. The second kappa shape index (κ2) is 12.8. The van der Waals surface area contributed by atoms with Crippen molar-refractivity contribution in [2.24, 2.45) is 0 Å². The van der Waals surface area contributed by atoms with Crippen LogP contribution in [0.4, 0.5) is 5.13 Å². The number of rotatable bonds is 13. The highest BCUT2D eigenvalue weighted by atomic mass is 32.2. The minimum atomic E-state index is -3.61. The van der Waals surface area contributed by atoms with Crippen LogP contribution < -0.4 is 4.90 Å². The van der Waals surface area contributed by atoms with Crippen molar-refractivity contribution < 1.29 is 13.2 Å². The molecule has 1 heterocycles. The van der Waals surface area contributed by atoms with E-state index in [1.165, 1.54) is 11.3 Å². The molecule has 0 aliphatic rings. The van der Waals surface area contributed by atoms with Crippen molar-refractivity contribution in [1.29, 1.82) is 0 Å². The minimum Gasteiger partial charge on any atom is -0.308 e. The molecule has 3 rings (SSSR count). The van der Waals surface area contributed by atoms with E-state index in [2.05, 4.69) is 13.8 Å². The largest absolute Gasteiger partial charge is 0.308 e. The normalized spacial score (nSPS) is 12.1. The molecule has 0 N–H and O–H groups in total. The SMILES string of the molecule is CCCCN(CCCC)S(=O)(=O)c1ccc(C(=O)N(CCN(C)C)c2nc3c(C)cccc3s2)cc1. The van der Waals surface area contributed by atoms with E-state index in [1.807, 2.05) is 44.1 Å². The number of aromatic nitrogens is 1. The lowest BCUT2D eigenvalue weighted by atomic mass is 10.2. The standard InChI is InChI=1S/C27H38N4O3S2/c1-6-8-17-30(18-9-7-2)36(33,34)23-15-13-22(14-16-23)26(32)31(20-19-29(4)5)27-28-25-21(3)11-10-12-24(25)35-27/h10-16H,6-9,17-20H2,1-5H3. The molecule has 0 fully saturated rings. The summed E-state index contributed by atoms with van der Waals surface area (Å²) in [6.45, 7) is 8.30. The highest BCUT2D eigenvalue weighted by molar-refractivity contribution is 7.89. The number of unbranched alkanes of at least 4 members (excludes halogenated alkanes) is 2. The smallest absolute Gasteiger partial charge is 0.260 e. The van der Waals surface area contributed by atoms with Crippen molar-refractivity contribution in [1.82, 2.24) is 14.2 Å². The monoisotopic (exact) mass is 530 g/mol. The molecule has 36 heavy (non-hydrogen) atoms. The highest BCUT2D eigenvalue weighted by Crippen LogP contribution is 2.31. The van der Waals surface area contributed by atoms with E-state index in [4.69, 9.17) is 4.98 Å². The van der Waals surface area contributed by atoms with Gasteiger partial charge in [-0.2, -0.15) is 4.31 Å². The molecular formula is C27H38N4O3S2. The Bertz CT molecular complexity index is 1250. The van der Waals surface area contributed by atoms with Crippen LogP contribution in [-0.4, -0.2) is 68.8 Å². The van der Waals surface area contributed by atoms with Crippen molar-refractivity contribution in [3.8, 4) is 0 Å². The van der Waals surface area contributed by atoms with Gasteiger partial charge in [0.25, 0.3) is 5.91 Å². The third-order valence-electron chi connectivity index (χ3n) is 6.12. The fourth-order valence-corrected chi connectivity index (χ4v) is 6.45. The summed E-state index contributed by atoms with van der Waals surface area (Å²) in [4.78, 5) is 22.3. The molecule has 0 aliphatic carbocycles. The van der Waals surface area contributed by atoms with E-state index >= 15 is 0 Å². The third kappa shape index (κ3) is 6.70. The number of fused-ring (bicyclic) bond motifs is 1. The van der Waals surface area contributed by atoms with Crippen molar-refractivity contribution in [3.05, 3.63) is 53.6 Å². The molecular weight excluding hydrogens is 492 g/mol. The van der Waals surface area contributed by atoms with E-state index in [-0.39, 0.29) is 10.8 Å². The Morgan fingerprint density at radius 2 is 1.56 bits per heavy atom. The summed E-state index contributed by atoms with van der Waals surface area (Å²) in [6.07, 6.45) is 3.50. The molecule has 0 bridgehead atoms. The zero-order chi connectivity index (χ0) is 26.3. The van der Waals surface area contributed by atoms with E-state index in [0.717, 1.165) is 41.5 Å². The van der Waals surface area contributed by atoms with Crippen LogP contribution in [0, 0.1) is 6.92 Å². The first-order valence-corrected chi connectivity index (χ1v) is 14.9. The lowest BCUT2D eigenvalue weighted by molar-refractivity contribution is 0.0985. The minimum absolute atomic E-state index is 0.189. The Morgan fingerprint density at radius 3 is 2.11 bits per heavy atom. The predicted octanol–water partition coefficient (Wildman–Crippen LogP) is 5.40. The van der Waals surface area contributed by atoms with Crippen LogP contribution in [-0.2, 0) is 10.0 Å². The molecule has 0 atom stereocenters. The predicted molar refractivity (Wildman–Crippen MR) is 150 cm³/mol. The van der Waals surface area contributed by atoms with Crippen molar-refractivity contribution >= 4 is 42.6 Å². The molecule has 1 amide bonds. The fourth-order valence-electron chi connectivity index (χ4n) is 3.87. The number of likely N-dealkylation sites (N-methyl/N-ethyl adjacent to an activating group) is 1. The Labute approximate surface area is 219 Å². The Kier molecular flexibility index (Phi) is 10.0. The van der Waals surface area contributed by atoms with Crippen LogP contribution in [0.15, 0.2) is 47.4 Å². The lowest BCUT2D eigenvalue weighted by Gasteiger charge is -2.23. The maximum Gasteiger partial charge on any atom is 0.260 e. The molecule has 0 aliphatic heterocycles. The molecule has 7 nitrogen and oxygen atoms in total. The first kappa shape index (κ1) is 28.2. The molecule has 196 valence electrons. The number of nitrogens with zero attached hydrogens (tertiary/aromatic N) is 4. The van der Waals surface area contributed by atoms with Gasteiger partial charge in [-0.15, -0.1) is 0 Å². The average Bonchev–Trinajstić information content (AvgIpc) is 3.29. The lowest BCUT2D eigenvalue weighted by Crippen LogP contribution is -2.37. The van der Waals surface area contributed by atoms with Crippen molar-refractivity contribution in [3.63, 3.8) is 0 Å². The zero-order valence-electron chi connectivity index (χ0n) is 22.0. The van der Waals surface area contributed by atoms with Gasteiger partial charge in [0, 0.05) is 31.7 Å². The molecule has 2 aromatic carbocycles. The van der Waals surface area contributed by atoms with E-state index in [9.17, 15) is 13.2 Å². The number of amides is 1. The van der Waals surface area contributed by atoms with Crippen LogP contribution in [0.3, 0.4) is 0 Å². The number of sulfonamides is 1. The molecule has 0 spiro atoms. The number of anilines is 1. The van der Waals surface area contributed by atoms with Crippen molar-refractivity contribution in [2.45, 2.75) is 51.3 Å². The summed E-state index contributed by atoms with van der Waals surface area (Å²) >= 11 is 1.49. The number of thiazole rings is 1. The number of para-hydroxylation sites is 1. The van der Waals surface area contributed by atoms with E-state index in [0.29, 0.717) is 36.9 Å². The van der Waals surface area contributed by atoms with Gasteiger partial charge in [0.1, 0.15) is 0 Å². The Hall–Kier alpha value is -2.33. The zero-order valence-corrected chi connectivity index (χ0v) is 23.7. The fraction of sp³-hybridized carbons (Fsp3) is 0.481. The molecule has 1 aromatic heterocycles. The molecule has 9 heteroatoms. The number of benzene rings is 2. The second-order valence-electron chi connectivity index (χ2n) is 9.31. The topological polar surface area (TPSA) is 73.8 Å². The van der Waals surface area contributed by atoms with Gasteiger partial charge in [0.15, 0.2) is 5.13 Å². The number of aryl methyl sites for hydroxylation is 1. The summed E-state index contributed by atoms with van der Waals surface area (Å²) in [5.74, 6) is -0.189. The Balaban J connectivity index is 1.89. The first-order chi connectivity index (χ1) is 17.2. The van der Waals surface area contributed by atoms with E-state index in [1.54, 1.807) is 33.5 Å². The molecule has 0 unspecified atom stereocenters. The van der Waals surface area contributed by atoms with Crippen LogP contribution in [0.25, 0.3) is 10.2 Å². The summed E-state index contributed by atoms with van der Waals surface area (Å²) in [6, 6.07) is 12.4. The van der Waals surface area contributed by atoms with Crippen LogP contribution in [0.1, 0.15) is 55.5 Å². The van der Waals surface area contributed by atoms with Gasteiger partial charge in [-0.25, -0.2) is 13.4 Å². The van der Waals surface area contributed by atoms with Gasteiger partial charge in [-0.05, 0) is 69.8 Å². The maximum absolute atomic E-state index is 13.6. The summed E-state index contributed by atoms with van der Waals surface area (Å²) < 4.78 is 29.2. The first-order valence-electron chi connectivity index (χ1n) is 12.6. The number of hydrogen-bond acceptors (Lipinski definition) is 6. The maximum atomic E-state index is 13.6. The summed E-state index contributed by atoms with van der Waals surface area (Å²) in [7, 11) is 0.319. The van der Waals surface area contributed by atoms with E-state index < -0.39 is 10.0 Å². The molecule has 0 radical (unpaired) electrons. The van der Waals surface area contributed by atoms with Crippen molar-refractivity contribution in [2.75, 3.05) is 45.2 Å². The van der Waals surface area contributed by atoms with Gasteiger partial charge in [0.05, 0.1) is 15.1 Å². The second-order valence-corrected chi connectivity index (χ2v) is 12.3. The number of carbonyl (C=O) groups is 1. The average molecular weight is 531 g/mol. The quantitative estimate of drug-likeness (QED) is 0.296. The van der Waals surface area contributed by atoms with Gasteiger partial charge in [-0.1, -0.05) is 50.2 Å². The Morgan fingerprint density at radius 1 is 0.917 bits per heavy atom.